The van der Waals surface area contributed by atoms with Gasteiger partial charge < -0.3 is 15.6 Å². The van der Waals surface area contributed by atoms with E-state index in [4.69, 9.17) is 10.5 Å². The van der Waals surface area contributed by atoms with E-state index in [1.165, 1.54) is 6.42 Å². The van der Waals surface area contributed by atoms with Crippen molar-refractivity contribution in [1.82, 2.24) is 0 Å². The summed E-state index contributed by atoms with van der Waals surface area (Å²) < 4.78 is 5.39. The van der Waals surface area contributed by atoms with E-state index >= 15 is 0 Å². The van der Waals surface area contributed by atoms with Gasteiger partial charge in [0, 0.05) is 6.61 Å². The second-order valence-corrected chi connectivity index (χ2v) is 6.51. The Morgan fingerprint density at radius 2 is 1.81 bits per heavy atom. The predicted octanol–water partition coefficient (Wildman–Crippen LogP) is 1.83. The molecule has 1 aliphatic heterocycles. The van der Waals surface area contributed by atoms with Gasteiger partial charge in [-0.2, -0.15) is 0 Å². The molecule has 2 aliphatic rings. The maximum atomic E-state index is 10.8. The molecule has 3 nitrogen and oxygen atoms in total. The van der Waals surface area contributed by atoms with Crippen molar-refractivity contribution in [3.63, 3.8) is 0 Å². The number of aliphatic hydroxyl groups is 1. The third kappa shape index (κ3) is 2.13. The molecule has 16 heavy (non-hydrogen) atoms. The Kier molecular flexibility index (Phi) is 3.06. The van der Waals surface area contributed by atoms with Crippen molar-refractivity contribution in [3.8, 4) is 0 Å². The van der Waals surface area contributed by atoms with E-state index in [0.717, 1.165) is 32.1 Å². The molecule has 0 bridgehead atoms. The van der Waals surface area contributed by atoms with Crippen molar-refractivity contribution in [2.45, 2.75) is 63.5 Å². The van der Waals surface area contributed by atoms with Crippen LogP contribution in [0.4, 0.5) is 0 Å². The van der Waals surface area contributed by atoms with Crippen LogP contribution in [0.15, 0.2) is 0 Å². The average Bonchev–Trinajstić information content (AvgIpc) is 2.58. The smallest absolute Gasteiger partial charge is 0.0850 e. The first-order valence-corrected chi connectivity index (χ1v) is 6.46. The van der Waals surface area contributed by atoms with E-state index in [9.17, 15) is 5.11 Å². The number of ether oxygens (including phenoxy) is 1. The van der Waals surface area contributed by atoms with Gasteiger partial charge in [-0.15, -0.1) is 0 Å². The van der Waals surface area contributed by atoms with Crippen LogP contribution < -0.4 is 5.73 Å². The third-order valence-corrected chi connectivity index (χ3v) is 4.64. The number of nitrogens with two attached hydrogens (primary N) is 1. The summed E-state index contributed by atoms with van der Waals surface area (Å²) in [6, 6.07) is 0. The summed E-state index contributed by atoms with van der Waals surface area (Å²) in [5.41, 5.74) is 5.48. The van der Waals surface area contributed by atoms with Crippen LogP contribution in [0.1, 0.15) is 52.4 Å². The van der Waals surface area contributed by atoms with Gasteiger partial charge in [0.25, 0.3) is 0 Å². The quantitative estimate of drug-likeness (QED) is 0.672. The Balaban J connectivity index is 2.12. The molecule has 1 aliphatic carbocycles. The van der Waals surface area contributed by atoms with Crippen LogP contribution in [-0.2, 0) is 4.74 Å². The Labute approximate surface area is 98.4 Å². The van der Waals surface area contributed by atoms with E-state index < -0.39 is 11.1 Å². The van der Waals surface area contributed by atoms with Crippen LogP contribution in [0.3, 0.4) is 0 Å². The van der Waals surface area contributed by atoms with Crippen molar-refractivity contribution in [1.29, 1.82) is 0 Å². The molecule has 2 atom stereocenters. The van der Waals surface area contributed by atoms with Gasteiger partial charge in [0.2, 0.25) is 0 Å². The van der Waals surface area contributed by atoms with E-state index in [1.807, 2.05) is 0 Å². The summed E-state index contributed by atoms with van der Waals surface area (Å²) >= 11 is 0. The first-order chi connectivity index (χ1) is 7.37. The summed E-state index contributed by atoms with van der Waals surface area (Å²) in [5, 5.41) is 10.8. The first-order valence-electron chi connectivity index (χ1n) is 6.46. The fourth-order valence-corrected chi connectivity index (χ4v) is 3.10. The lowest BCUT2D eigenvalue weighted by Crippen LogP contribution is -2.61. The van der Waals surface area contributed by atoms with Crippen molar-refractivity contribution >= 4 is 0 Å². The fourth-order valence-electron chi connectivity index (χ4n) is 3.10. The van der Waals surface area contributed by atoms with Crippen LogP contribution >= 0.6 is 0 Å². The summed E-state index contributed by atoms with van der Waals surface area (Å²) in [6.07, 6.45) is 5.76. The maximum Gasteiger partial charge on any atom is 0.0850 e. The van der Waals surface area contributed by atoms with Gasteiger partial charge >= 0.3 is 0 Å². The highest BCUT2D eigenvalue weighted by Crippen LogP contribution is 2.43. The molecule has 2 fully saturated rings. The largest absolute Gasteiger partial charge is 0.388 e. The SMILES string of the molecule is CC1(C)CCCC(O)(C2(N)CCOC2)CC1. The first kappa shape index (κ1) is 12.3. The predicted molar refractivity (Wildman–Crippen MR) is 64.2 cm³/mol. The Morgan fingerprint density at radius 3 is 2.44 bits per heavy atom. The average molecular weight is 227 g/mol. The lowest BCUT2D eigenvalue weighted by molar-refractivity contribution is -0.0526. The highest BCUT2D eigenvalue weighted by Gasteiger charge is 2.50. The van der Waals surface area contributed by atoms with Crippen LogP contribution in [0.2, 0.25) is 0 Å². The van der Waals surface area contributed by atoms with E-state index in [2.05, 4.69) is 13.8 Å². The molecule has 2 unspecified atom stereocenters. The lowest BCUT2D eigenvalue weighted by atomic mass is 9.74. The van der Waals surface area contributed by atoms with Crippen LogP contribution in [0.25, 0.3) is 0 Å². The molecule has 0 radical (unpaired) electrons. The second kappa shape index (κ2) is 3.97. The molecule has 1 saturated carbocycles. The Morgan fingerprint density at radius 1 is 1.06 bits per heavy atom. The highest BCUT2D eigenvalue weighted by molar-refractivity contribution is 5.07. The molecule has 0 spiro atoms. The highest BCUT2D eigenvalue weighted by atomic mass is 16.5. The molecule has 2 rings (SSSR count). The molecular weight excluding hydrogens is 202 g/mol. The Bertz CT molecular complexity index is 259. The molecule has 0 aromatic rings. The lowest BCUT2D eigenvalue weighted by Gasteiger charge is -2.41. The molecule has 0 aromatic heterocycles. The molecule has 1 heterocycles. The molecule has 94 valence electrons. The standard InChI is InChI=1S/C13H25NO2/c1-11(2)4-3-5-13(15,7-6-11)12(14)8-9-16-10-12/h15H,3-10,14H2,1-2H3. The van der Waals surface area contributed by atoms with Gasteiger partial charge in [-0.25, -0.2) is 0 Å². The zero-order chi connectivity index (χ0) is 11.9. The van der Waals surface area contributed by atoms with Gasteiger partial charge in [0.05, 0.1) is 17.7 Å². The summed E-state index contributed by atoms with van der Waals surface area (Å²) in [6.45, 7) is 5.78. The normalized spacial score (nSPS) is 44.2. The van der Waals surface area contributed by atoms with Gasteiger partial charge in [-0.05, 0) is 43.9 Å². The van der Waals surface area contributed by atoms with Crippen LogP contribution in [0, 0.1) is 5.41 Å². The van der Waals surface area contributed by atoms with Crippen LogP contribution in [0.5, 0.6) is 0 Å². The van der Waals surface area contributed by atoms with Crippen molar-refractivity contribution in [2.24, 2.45) is 11.1 Å². The zero-order valence-corrected chi connectivity index (χ0v) is 10.6. The van der Waals surface area contributed by atoms with E-state index in [-0.39, 0.29) is 0 Å². The molecule has 3 N–H and O–H groups in total. The zero-order valence-electron chi connectivity index (χ0n) is 10.6. The number of hydrogen-bond acceptors (Lipinski definition) is 3. The molecule has 3 heteroatoms. The van der Waals surface area contributed by atoms with Gasteiger partial charge in [-0.1, -0.05) is 13.8 Å². The molecule has 1 saturated heterocycles. The fraction of sp³-hybridized carbons (Fsp3) is 1.00. The summed E-state index contributed by atoms with van der Waals surface area (Å²) in [4.78, 5) is 0. The van der Waals surface area contributed by atoms with Gasteiger partial charge in [-0.3, -0.25) is 0 Å². The summed E-state index contributed by atoms with van der Waals surface area (Å²) in [5.74, 6) is 0. The maximum absolute atomic E-state index is 10.8. The Hall–Kier alpha value is -0.120. The monoisotopic (exact) mass is 227 g/mol. The molecular formula is C13H25NO2. The van der Waals surface area contributed by atoms with E-state index in [0.29, 0.717) is 18.6 Å². The minimum Gasteiger partial charge on any atom is -0.388 e. The number of hydrogen-bond donors (Lipinski definition) is 2. The van der Waals surface area contributed by atoms with Crippen molar-refractivity contribution in [2.75, 3.05) is 13.2 Å². The minimum atomic E-state index is -0.711. The van der Waals surface area contributed by atoms with Crippen molar-refractivity contribution in [3.05, 3.63) is 0 Å². The summed E-state index contributed by atoms with van der Waals surface area (Å²) in [7, 11) is 0. The van der Waals surface area contributed by atoms with Crippen LogP contribution in [-0.4, -0.2) is 29.5 Å². The molecule has 0 amide bonds. The second-order valence-electron chi connectivity index (χ2n) is 6.51. The third-order valence-electron chi connectivity index (χ3n) is 4.64. The molecule has 0 aromatic carbocycles. The topological polar surface area (TPSA) is 55.5 Å². The number of rotatable bonds is 1. The van der Waals surface area contributed by atoms with E-state index in [1.54, 1.807) is 0 Å². The van der Waals surface area contributed by atoms with Crippen molar-refractivity contribution < 1.29 is 9.84 Å². The van der Waals surface area contributed by atoms with Gasteiger partial charge in [0.15, 0.2) is 0 Å². The van der Waals surface area contributed by atoms with Gasteiger partial charge in [0.1, 0.15) is 0 Å². The minimum absolute atomic E-state index is 0.348.